The van der Waals surface area contributed by atoms with Crippen molar-refractivity contribution >= 4 is 40.6 Å². The number of hydrogen-bond donors (Lipinski definition) is 2. The largest absolute Gasteiger partial charge is 0.497 e. The standard InChI is InChI=1S/C30H22ClN3O4/c1-37-23-14-11-20(12-15-23)30(36)38-26-10-6-5-9-21(26)18-32-34-29(35)28-27(19-7-3-2-4-8-19)24-17-22(31)13-16-25(24)33-28/h2-18,33H,1H3,(H,34,35). The van der Waals surface area contributed by atoms with Gasteiger partial charge in [0.2, 0.25) is 0 Å². The van der Waals surface area contributed by atoms with Gasteiger partial charge in [0.25, 0.3) is 5.91 Å². The van der Waals surface area contributed by atoms with Gasteiger partial charge in [-0.1, -0.05) is 54.1 Å². The number of rotatable bonds is 7. The van der Waals surface area contributed by atoms with Gasteiger partial charge in [0.05, 0.1) is 18.9 Å². The van der Waals surface area contributed by atoms with Crippen LogP contribution in [0.5, 0.6) is 11.5 Å². The number of amides is 1. The zero-order valence-corrected chi connectivity index (χ0v) is 21.0. The minimum atomic E-state index is -0.526. The monoisotopic (exact) mass is 523 g/mol. The Kier molecular flexibility index (Phi) is 7.19. The van der Waals surface area contributed by atoms with Gasteiger partial charge < -0.3 is 14.5 Å². The number of halogens is 1. The van der Waals surface area contributed by atoms with E-state index in [4.69, 9.17) is 21.1 Å². The van der Waals surface area contributed by atoms with E-state index in [1.54, 1.807) is 61.7 Å². The van der Waals surface area contributed by atoms with E-state index < -0.39 is 11.9 Å². The summed E-state index contributed by atoms with van der Waals surface area (Å²) in [6.07, 6.45) is 1.43. The van der Waals surface area contributed by atoms with Crippen molar-refractivity contribution in [2.24, 2.45) is 5.10 Å². The molecule has 5 aromatic rings. The van der Waals surface area contributed by atoms with Crippen molar-refractivity contribution in [1.82, 2.24) is 10.4 Å². The van der Waals surface area contributed by atoms with Crippen LogP contribution in [-0.4, -0.2) is 30.2 Å². The lowest BCUT2D eigenvalue weighted by Gasteiger charge is -2.08. The van der Waals surface area contributed by atoms with Gasteiger partial charge in [-0.05, 0) is 60.2 Å². The van der Waals surface area contributed by atoms with Gasteiger partial charge in [-0.2, -0.15) is 5.10 Å². The minimum absolute atomic E-state index is 0.302. The number of aromatic nitrogens is 1. The van der Waals surface area contributed by atoms with E-state index in [0.717, 1.165) is 22.0 Å². The summed E-state index contributed by atoms with van der Waals surface area (Å²) in [6, 6.07) is 28.5. The summed E-state index contributed by atoms with van der Waals surface area (Å²) in [5, 5.41) is 5.52. The van der Waals surface area contributed by atoms with Crippen LogP contribution in [0.4, 0.5) is 0 Å². The molecule has 1 amide bonds. The van der Waals surface area contributed by atoms with Crippen molar-refractivity contribution < 1.29 is 19.1 Å². The summed E-state index contributed by atoms with van der Waals surface area (Å²) >= 11 is 6.24. The number of benzene rings is 4. The lowest BCUT2D eigenvalue weighted by Crippen LogP contribution is -2.19. The Morgan fingerprint density at radius 3 is 2.42 bits per heavy atom. The Morgan fingerprint density at radius 1 is 0.921 bits per heavy atom. The molecular weight excluding hydrogens is 502 g/mol. The molecule has 1 heterocycles. The molecule has 0 radical (unpaired) electrons. The minimum Gasteiger partial charge on any atom is -0.497 e. The number of carbonyl (C=O) groups excluding carboxylic acids is 2. The van der Waals surface area contributed by atoms with Crippen LogP contribution in [0, 0.1) is 0 Å². The number of para-hydroxylation sites is 1. The summed E-state index contributed by atoms with van der Waals surface area (Å²) in [5.74, 6) is -0.0169. The maximum atomic E-state index is 13.2. The topological polar surface area (TPSA) is 92.8 Å². The van der Waals surface area contributed by atoms with Crippen molar-refractivity contribution in [2.75, 3.05) is 7.11 Å². The molecule has 0 aliphatic rings. The molecule has 0 unspecified atom stereocenters. The summed E-state index contributed by atoms with van der Waals surface area (Å²) in [7, 11) is 1.55. The summed E-state index contributed by atoms with van der Waals surface area (Å²) < 4.78 is 10.7. The molecule has 0 atom stereocenters. The second kappa shape index (κ2) is 11.0. The second-order valence-corrected chi connectivity index (χ2v) is 8.72. The Labute approximate surface area is 223 Å². The number of hydrazone groups is 1. The predicted octanol–water partition coefficient (Wildman–Crippen LogP) is 6.48. The number of fused-ring (bicyclic) bond motifs is 1. The second-order valence-electron chi connectivity index (χ2n) is 8.29. The van der Waals surface area contributed by atoms with Gasteiger partial charge in [0.15, 0.2) is 0 Å². The number of nitrogens with one attached hydrogen (secondary N) is 2. The predicted molar refractivity (Wildman–Crippen MR) is 148 cm³/mol. The van der Waals surface area contributed by atoms with Crippen molar-refractivity contribution in [3.05, 3.63) is 119 Å². The van der Waals surface area contributed by atoms with Gasteiger partial charge in [-0.15, -0.1) is 0 Å². The van der Waals surface area contributed by atoms with Crippen LogP contribution < -0.4 is 14.9 Å². The van der Waals surface area contributed by atoms with E-state index in [2.05, 4.69) is 15.5 Å². The molecule has 7 nitrogen and oxygen atoms in total. The smallest absolute Gasteiger partial charge is 0.343 e. The number of esters is 1. The van der Waals surface area contributed by atoms with Gasteiger partial charge in [0.1, 0.15) is 17.2 Å². The Bertz CT molecular complexity index is 1640. The molecule has 0 spiro atoms. The Balaban J connectivity index is 1.37. The lowest BCUT2D eigenvalue weighted by molar-refractivity contribution is 0.0734. The third kappa shape index (κ3) is 5.28. The molecule has 5 rings (SSSR count). The van der Waals surface area contributed by atoms with E-state index in [1.807, 2.05) is 42.5 Å². The highest BCUT2D eigenvalue weighted by Gasteiger charge is 2.19. The van der Waals surface area contributed by atoms with E-state index in [9.17, 15) is 9.59 Å². The molecule has 0 saturated carbocycles. The first kappa shape index (κ1) is 24.8. The van der Waals surface area contributed by atoms with Crippen molar-refractivity contribution in [3.8, 4) is 22.6 Å². The summed E-state index contributed by atoms with van der Waals surface area (Å²) in [6.45, 7) is 0. The molecule has 1 aromatic heterocycles. The Hall–Kier alpha value is -4.88. The molecule has 8 heteroatoms. The van der Waals surface area contributed by atoms with Crippen LogP contribution in [0.25, 0.3) is 22.0 Å². The quantitative estimate of drug-likeness (QED) is 0.110. The van der Waals surface area contributed by atoms with Crippen LogP contribution in [0.2, 0.25) is 5.02 Å². The molecule has 4 aromatic carbocycles. The maximum absolute atomic E-state index is 13.2. The maximum Gasteiger partial charge on any atom is 0.343 e. The fraction of sp³-hybridized carbons (Fsp3) is 0.0333. The molecular formula is C30H22ClN3O4. The highest BCUT2D eigenvalue weighted by molar-refractivity contribution is 6.31. The first-order valence-electron chi connectivity index (χ1n) is 11.7. The van der Waals surface area contributed by atoms with Crippen LogP contribution in [0.3, 0.4) is 0 Å². The van der Waals surface area contributed by atoms with Crippen molar-refractivity contribution in [2.45, 2.75) is 0 Å². The molecule has 0 fully saturated rings. The number of aromatic amines is 1. The van der Waals surface area contributed by atoms with Crippen LogP contribution in [0.1, 0.15) is 26.4 Å². The fourth-order valence-corrected chi connectivity index (χ4v) is 4.19. The van der Waals surface area contributed by atoms with E-state index in [1.165, 1.54) is 6.21 Å². The zero-order valence-electron chi connectivity index (χ0n) is 20.3. The number of carbonyl (C=O) groups is 2. The molecule has 0 saturated heterocycles. The molecule has 188 valence electrons. The van der Waals surface area contributed by atoms with Gasteiger partial charge >= 0.3 is 5.97 Å². The Morgan fingerprint density at radius 2 is 1.66 bits per heavy atom. The number of H-pyrrole nitrogens is 1. The molecule has 0 aliphatic carbocycles. The normalized spacial score (nSPS) is 11.0. The van der Waals surface area contributed by atoms with Crippen molar-refractivity contribution in [1.29, 1.82) is 0 Å². The fourth-order valence-electron chi connectivity index (χ4n) is 4.02. The van der Waals surface area contributed by atoms with Crippen molar-refractivity contribution in [3.63, 3.8) is 0 Å². The lowest BCUT2D eigenvalue weighted by atomic mass is 10.0. The molecule has 0 aliphatic heterocycles. The third-order valence-corrected chi connectivity index (χ3v) is 6.10. The van der Waals surface area contributed by atoms with Crippen LogP contribution in [-0.2, 0) is 0 Å². The zero-order chi connectivity index (χ0) is 26.5. The highest BCUT2D eigenvalue weighted by Crippen LogP contribution is 2.34. The first-order chi connectivity index (χ1) is 18.5. The third-order valence-electron chi connectivity index (χ3n) is 5.87. The molecule has 38 heavy (non-hydrogen) atoms. The summed E-state index contributed by atoms with van der Waals surface area (Å²) in [5.41, 5.74) is 6.18. The number of nitrogens with zero attached hydrogens (tertiary/aromatic N) is 1. The van der Waals surface area contributed by atoms with E-state index >= 15 is 0 Å². The summed E-state index contributed by atoms with van der Waals surface area (Å²) in [4.78, 5) is 29.0. The molecule has 2 N–H and O–H groups in total. The highest BCUT2D eigenvalue weighted by atomic mass is 35.5. The first-order valence-corrected chi connectivity index (χ1v) is 12.1. The average Bonchev–Trinajstić information content (AvgIpc) is 3.33. The van der Waals surface area contributed by atoms with Crippen LogP contribution in [0.15, 0.2) is 102 Å². The number of ether oxygens (including phenoxy) is 2. The average molecular weight is 524 g/mol. The SMILES string of the molecule is COc1ccc(C(=O)Oc2ccccc2C=NNC(=O)c2[nH]c3ccc(Cl)cc3c2-c2ccccc2)cc1. The van der Waals surface area contributed by atoms with Gasteiger partial charge in [-0.25, -0.2) is 10.2 Å². The van der Waals surface area contributed by atoms with E-state index in [0.29, 0.717) is 33.3 Å². The van der Waals surface area contributed by atoms with Gasteiger partial charge in [-0.3, -0.25) is 4.79 Å². The number of hydrogen-bond acceptors (Lipinski definition) is 5. The van der Waals surface area contributed by atoms with E-state index in [-0.39, 0.29) is 0 Å². The van der Waals surface area contributed by atoms with Gasteiger partial charge in [0, 0.05) is 27.1 Å². The molecule has 0 bridgehead atoms. The number of methoxy groups -OCH3 is 1. The van der Waals surface area contributed by atoms with Crippen LogP contribution >= 0.6 is 11.6 Å².